The molecule has 4 N–H and O–H groups in total. The monoisotopic (exact) mass is 514 g/mol. The Kier molecular flexibility index (Phi) is 6.18. The lowest BCUT2D eigenvalue weighted by atomic mass is 9.40. The Morgan fingerprint density at radius 1 is 1.08 bits per heavy atom. The van der Waals surface area contributed by atoms with E-state index in [2.05, 4.69) is 55.6 Å². The van der Waals surface area contributed by atoms with Gasteiger partial charge in [-0.05, 0) is 118 Å². The number of hydrogen-bond acceptors (Lipinski definition) is 5. The summed E-state index contributed by atoms with van der Waals surface area (Å²) in [4.78, 5) is 20.1. The van der Waals surface area contributed by atoms with Crippen molar-refractivity contribution in [2.24, 2.45) is 40.1 Å². The normalized spacial score (nSPS) is 41.4. The average Bonchev–Trinajstić information content (AvgIpc) is 3.28. The van der Waals surface area contributed by atoms with Gasteiger partial charge in [-0.3, -0.25) is 9.78 Å². The van der Waals surface area contributed by atoms with Crippen LogP contribution in [-0.4, -0.2) is 46.9 Å². The van der Waals surface area contributed by atoms with Crippen molar-refractivity contribution in [1.29, 1.82) is 0 Å². The van der Waals surface area contributed by atoms with Crippen molar-refractivity contribution in [3.05, 3.63) is 60.0 Å². The lowest BCUT2D eigenvalue weighted by Crippen LogP contribution is -2.80. The highest BCUT2D eigenvalue weighted by molar-refractivity contribution is 5.97. The van der Waals surface area contributed by atoms with E-state index in [-0.39, 0.29) is 22.7 Å². The van der Waals surface area contributed by atoms with Crippen molar-refractivity contribution in [1.82, 2.24) is 9.88 Å². The number of allylic oxidation sites excluding steroid dienone is 3. The van der Waals surface area contributed by atoms with Crippen LogP contribution in [0, 0.1) is 28.6 Å². The molecule has 1 aromatic rings. The molecular formula is C33H46N4O. The topological polar surface area (TPSA) is 85.2 Å². The van der Waals surface area contributed by atoms with Crippen molar-refractivity contribution in [3.63, 3.8) is 0 Å². The molecule has 1 aliphatic heterocycles. The molecule has 0 amide bonds. The Morgan fingerprint density at radius 2 is 1.84 bits per heavy atom. The number of rotatable bonds is 4. The van der Waals surface area contributed by atoms with Crippen LogP contribution in [0.4, 0.5) is 0 Å². The zero-order chi connectivity index (χ0) is 26.9. The summed E-state index contributed by atoms with van der Waals surface area (Å²) in [6.45, 7) is 11.2. The number of piperidine rings is 1. The summed E-state index contributed by atoms with van der Waals surface area (Å²) in [6, 6.07) is 4.21. The second-order valence-electron chi connectivity index (χ2n) is 13.7. The van der Waals surface area contributed by atoms with Crippen LogP contribution >= 0.6 is 0 Å². The van der Waals surface area contributed by atoms with Crippen LogP contribution in [0.5, 0.6) is 0 Å². The van der Waals surface area contributed by atoms with Gasteiger partial charge in [0.1, 0.15) is 0 Å². The zero-order valence-electron chi connectivity index (χ0n) is 23.6. The first-order valence-electron chi connectivity index (χ1n) is 14.8. The number of nitrogens with zero attached hydrogens (tertiary/aromatic N) is 2. The molecule has 0 aromatic carbocycles. The van der Waals surface area contributed by atoms with E-state index in [0.717, 1.165) is 76.5 Å². The van der Waals surface area contributed by atoms with Gasteiger partial charge in [-0.25, -0.2) is 0 Å². The number of hydrogen-bond donors (Lipinski definition) is 2. The van der Waals surface area contributed by atoms with Gasteiger partial charge in [0.2, 0.25) is 0 Å². The summed E-state index contributed by atoms with van der Waals surface area (Å²) < 4.78 is 0. The molecule has 3 fully saturated rings. The number of likely N-dealkylation sites (tertiary alicyclic amines) is 1. The fourth-order valence-electron chi connectivity index (χ4n) is 9.45. The van der Waals surface area contributed by atoms with Gasteiger partial charge in [0, 0.05) is 34.8 Å². The van der Waals surface area contributed by atoms with Gasteiger partial charge in [-0.15, -0.1) is 0 Å². The van der Waals surface area contributed by atoms with Crippen molar-refractivity contribution in [2.75, 3.05) is 20.1 Å². The zero-order valence-corrected chi connectivity index (χ0v) is 23.6. The SMILES string of the molecule is C=C(C(=O)C1CCN(C)CC1)[C@H]1CC[C@@]2(C)C(=CC[C@@]3(N)[C@@H]4CC=C(c5cccnc5)[C@@]4(C)CC[C@]23N)C1. The summed E-state index contributed by atoms with van der Waals surface area (Å²) in [5.74, 6) is 0.990. The van der Waals surface area contributed by atoms with Gasteiger partial charge >= 0.3 is 0 Å². The summed E-state index contributed by atoms with van der Waals surface area (Å²) in [7, 11) is 2.14. The minimum absolute atomic E-state index is 0.00826. The summed E-state index contributed by atoms with van der Waals surface area (Å²) in [6.07, 6.45) is 17.2. The lowest BCUT2D eigenvalue weighted by molar-refractivity contribution is -0.121. The number of carbonyl (C=O) groups is 1. The molecule has 2 saturated carbocycles. The third-order valence-electron chi connectivity index (χ3n) is 12.1. The fraction of sp³-hybridized carbons (Fsp3) is 0.636. The minimum Gasteiger partial charge on any atom is -0.323 e. The van der Waals surface area contributed by atoms with Crippen LogP contribution in [0.15, 0.2) is 54.4 Å². The quantitative estimate of drug-likeness (QED) is 0.422. The highest BCUT2D eigenvalue weighted by Gasteiger charge is 2.69. The van der Waals surface area contributed by atoms with Crippen molar-refractivity contribution in [3.8, 4) is 0 Å². The number of aromatic nitrogens is 1. The number of pyridine rings is 1. The maximum atomic E-state index is 13.4. The molecule has 0 bridgehead atoms. The third kappa shape index (κ3) is 3.54. The molecule has 5 heteroatoms. The van der Waals surface area contributed by atoms with Gasteiger partial charge < -0.3 is 16.4 Å². The molecule has 0 radical (unpaired) electrons. The maximum absolute atomic E-state index is 13.4. The second-order valence-corrected chi connectivity index (χ2v) is 13.7. The van der Waals surface area contributed by atoms with Gasteiger partial charge in [0.05, 0.1) is 0 Å². The predicted molar refractivity (Wildman–Crippen MR) is 154 cm³/mol. The standard InChI is InChI=1S/C33H46N4O/c1-22(29(38)23-11-18-37(4)19-12-23)24-9-13-31(3)26(20-24)10-14-32(34)28-8-7-27(25-6-5-17-36-21-25)30(28,2)15-16-33(31,32)35/h5-7,10,17,21,23-24,28H,1,8-9,11-16,18-20,34-35H2,2-4H3/t24-,28+,30+,31-,32+,33-/m0/s1. The molecular weight excluding hydrogens is 468 g/mol. The number of nitrogens with two attached hydrogens (primary N) is 2. The van der Waals surface area contributed by atoms with E-state index in [1.807, 2.05) is 18.5 Å². The van der Waals surface area contributed by atoms with Gasteiger partial charge in [0.25, 0.3) is 0 Å². The molecule has 5 nitrogen and oxygen atoms in total. The van der Waals surface area contributed by atoms with E-state index in [4.69, 9.17) is 11.5 Å². The molecule has 5 aliphatic rings. The fourth-order valence-corrected chi connectivity index (χ4v) is 9.45. The molecule has 0 unspecified atom stereocenters. The predicted octanol–water partition coefficient (Wildman–Crippen LogP) is 5.28. The number of ketones is 1. The van der Waals surface area contributed by atoms with Crippen LogP contribution in [-0.2, 0) is 4.79 Å². The van der Waals surface area contributed by atoms with E-state index in [1.54, 1.807) is 0 Å². The lowest BCUT2D eigenvalue weighted by Gasteiger charge is -2.68. The Balaban J connectivity index is 1.25. The van der Waals surface area contributed by atoms with Crippen molar-refractivity contribution >= 4 is 11.4 Å². The molecule has 38 heavy (non-hydrogen) atoms. The van der Waals surface area contributed by atoms with Crippen molar-refractivity contribution < 1.29 is 4.79 Å². The first-order valence-corrected chi connectivity index (χ1v) is 14.8. The van der Waals surface area contributed by atoms with Gasteiger partial charge in [0.15, 0.2) is 5.78 Å². The largest absolute Gasteiger partial charge is 0.323 e. The van der Waals surface area contributed by atoms with Crippen LogP contribution in [0.2, 0.25) is 0 Å². The molecule has 6 rings (SSSR count). The van der Waals surface area contributed by atoms with E-state index in [0.29, 0.717) is 11.7 Å². The highest BCUT2D eigenvalue weighted by atomic mass is 16.1. The molecule has 1 aromatic heterocycles. The third-order valence-corrected chi connectivity index (χ3v) is 12.1. The number of carbonyl (C=O) groups excluding carboxylic acids is 1. The second kappa shape index (κ2) is 8.97. The van der Waals surface area contributed by atoms with Gasteiger partial charge in [-0.2, -0.15) is 0 Å². The molecule has 204 valence electrons. The van der Waals surface area contributed by atoms with Gasteiger partial charge in [-0.1, -0.05) is 44.2 Å². The Bertz CT molecular complexity index is 1200. The molecule has 1 saturated heterocycles. The molecule has 2 heterocycles. The molecule has 0 spiro atoms. The molecule has 6 atom stereocenters. The van der Waals surface area contributed by atoms with E-state index >= 15 is 0 Å². The smallest absolute Gasteiger partial charge is 0.161 e. The van der Waals surface area contributed by atoms with Crippen LogP contribution in [0.1, 0.15) is 77.2 Å². The Morgan fingerprint density at radius 3 is 2.55 bits per heavy atom. The Labute approximate surface area is 228 Å². The first kappa shape index (κ1) is 26.2. The van der Waals surface area contributed by atoms with Crippen LogP contribution in [0.3, 0.4) is 0 Å². The number of Topliss-reactive ketones (excluding diaryl/α,β-unsaturated/α-hetero) is 1. The first-order chi connectivity index (χ1) is 18.0. The average molecular weight is 515 g/mol. The Hall–Kier alpha value is -2.08. The maximum Gasteiger partial charge on any atom is 0.161 e. The molecule has 4 aliphatic carbocycles. The summed E-state index contributed by atoms with van der Waals surface area (Å²) >= 11 is 0. The highest BCUT2D eigenvalue weighted by Crippen LogP contribution is 2.68. The summed E-state index contributed by atoms with van der Waals surface area (Å²) in [5, 5.41) is 0. The van der Waals surface area contributed by atoms with Crippen LogP contribution < -0.4 is 11.5 Å². The van der Waals surface area contributed by atoms with E-state index < -0.39 is 11.1 Å². The number of fused-ring (bicyclic) bond motifs is 5. The van der Waals surface area contributed by atoms with E-state index in [9.17, 15) is 4.79 Å². The minimum atomic E-state index is -0.466. The van der Waals surface area contributed by atoms with Crippen LogP contribution in [0.25, 0.3) is 5.57 Å². The van der Waals surface area contributed by atoms with E-state index in [1.165, 1.54) is 16.7 Å². The summed E-state index contributed by atoms with van der Waals surface area (Å²) in [5.41, 5.74) is 19.0. The van der Waals surface area contributed by atoms with Crippen molar-refractivity contribution in [2.45, 2.75) is 82.7 Å².